The van der Waals surface area contributed by atoms with Crippen molar-refractivity contribution in [2.45, 2.75) is 20.4 Å². The molecule has 0 fully saturated rings. The van der Waals surface area contributed by atoms with Gasteiger partial charge in [-0.15, -0.1) is 0 Å². The van der Waals surface area contributed by atoms with E-state index in [0.29, 0.717) is 33.9 Å². The molecular formula is C30H23ClN4O4. The van der Waals surface area contributed by atoms with Gasteiger partial charge in [-0.1, -0.05) is 41.9 Å². The zero-order chi connectivity index (χ0) is 27.1. The molecule has 0 amide bonds. The van der Waals surface area contributed by atoms with E-state index in [1.165, 1.54) is 4.68 Å². The standard InChI is InChI=1S/C30H23ClN4O4/c1-3-38-28(36)17-34-18(2)23(21-8-5-7-11-25(21)34)16-32-35-29(33-24-10-6-4-9-22(24)30(35)37)27-15-19-14-20(31)12-13-26(19)39-27/h4-16H,3,17H2,1-2H3. The van der Waals surface area contributed by atoms with Crippen LogP contribution in [-0.2, 0) is 16.1 Å². The third-order valence-electron chi connectivity index (χ3n) is 6.63. The first-order chi connectivity index (χ1) is 18.9. The molecule has 0 aliphatic rings. The summed E-state index contributed by atoms with van der Waals surface area (Å²) in [5, 5.41) is 7.31. The summed E-state index contributed by atoms with van der Waals surface area (Å²) in [6.45, 7) is 4.06. The Balaban J connectivity index is 1.54. The van der Waals surface area contributed by atoms with Crippen LogP contribution in [0.25, 0.3) is 44.4 Å². The van der Waals surface area contributed by atoms with Crippen molar-refractivity contribution in [3.05, 3.63) is 99.4 Å². The number of hydrogen-bond acceptors (Lipinski definition) is 6. The van der Waals surface area contributed by atoms with Gasteiger partial charge in [-0.3, -0.25) is 9.59 Å². The number of rotatable bonds is 6. The molecule has 0 spiro atoms. The lowest BCUT2D eigenvalue weighted by molar-refractivity contribution is -0.143. The van der Waals surface area contributed by atoms with E-state index in [1.54, 1.807) is 55.6 Å². The zero-order valence-electron chi connectivity index (χ0n) is 21.2. The van der Waals surface area contributed by atoms with Gasteiger partial charge in [0.15, 0.2) is 5.76 Å². The molecular weight excluding hydrogens is 516 g/mol. The molecule has 0 N–H and O–H groups in total. The van der Waals surface area contributed by atoms with Gasteiger partial charge in [0.2, 0.25) is 5.82 Å². The van der Waals surface area contributed by atoms with Crippen LogP contribution in [0.3, 0.4) is 0 Å². The number of halogens is 1. The van der Waals surface area contributed by atoms with Crippen molar-refractivity contribution in [2.24, 2.45) is 5.10 Å². The average molecular weight is 539 g/mol. The van der Waals surface area contributed by atoms with Crippen LogP contribution in [0.4, 0.5) is 0 Å². The molecule has 0 aliphatic heterocycles. The van der Waals surface area contributed by atoms with E-state index in [1.807, 2.05) is 41.8 Å². The lowest BCUT2D eigenvalue weighted by atomic mass is 10.1. The Labute approximate surface area is 227 Å². The Hall–Kier alpha value is -4.69. The van der Waals surface area contributed by atoms with Crippen LogP contribution in [0.2, 0.25) is 5.02 Å². The van der Waals surface area contributed by atoms with Crippen molar-refractivity contribution >= 4 is 56.6 Å². The number of esters is 1. The molecule has 9 heteroatoms. The minimum atomic E-state index is -0.335. The maximum atomic E-state index is 13.7. The molecule has 3 heterocycles. The third kappa shape index (κ3) is 4.38. The van der Waals surface area contributed by atoms with Gasteiger partial charge in [0.05, 0.1) is 23.7 Å². The molecule has 3 aromatic carbocycles. The van der Waals surface area contributed by atoms with Gasteiger partial charge in [0, 0.05) is 32.6 Å². The topological polar surface area (TPSA) is 91.6 Å². The average Bonchev–Trinajstić information content (AvgIpc) is 3.47. The lowest BCUT2D eigenvalue weighted by Crippen LogP contribution is -2.20. The molecule has 0 radical (unpaired) electrons. The van der Waals surface area contributed by atoms with Gasteiger partial charge in [-0.25, -0.2) is 4.98 Å². The van der Waals surface area contributed by atoms with Crippen molar-refractivity contribution in [3.63, 3.8) is 0 Å². The van der Waals surface area contributed by atoms with E-state index in [2.05, 4.69) is 5.10 Å². The summed E-state index contributed by atoms with van der Waals surface area (Å²) >= 11 is 6.17. The number of hydrogen-bond donors (Lipinski definition) is 0. The van der Waals surface area contributed by atoms with Gasteiger partial charge < -0.3 is 13.7 Å². The van der Waals surface area contributed by atoms with Crippen molar-refractivity contribution in [1.29, 1.82) is 0 Å². The van der Waals surface area contributed by atoms with Crippen LogP contribution in [0.1, 0.15) is 18.2 Å². The molecule has 194 valence electrons. The number of furan rings is 1. The summed E-state index contributed by atoms with van der Waals surface area (Å²) in [5.74, 6) is 0.316. The maximum absolute atomic E-state index is 13.7. The molecule has 0 unspecified atom stereocenters. The van der Waals surface area contributed by atoms with E-state index in [0.717, 1.165) is 27.5 Å². The monoisotopic (exact) mass is 538 g/mol. The number of benzene rings is 3. The Morgan fingerprint density at radius 2 is 1.85 bits per heavy atom. The summed E-state index contributed by atoms with van der Waals surface area (Å²) < 4.78 is 14.4. The predicted molar refractivity (Wildman–Crippen MR) is 153 cm³/mol. The van der Waals surface area contributed by atoms with Crippen molar-refractivity contribution < 1.29 is 13.9 Å². The first-order valence-corrected chi connectivity index (χ1v) is 12.8. The number of carbonyl (C=O) groups is 1. The molecule has 6 aromatic rings. The fraction of sp³-hybridized carbons (Fsp3) is 0.133. The highest BCUT2D eigenvalue weighted by molar-refractivity contribution is 6.31. The summed E-state index contributed by atoms with van der Waals surface area (Å²) in [5.41, 5.74) is 3.27. The van der Waals surface area contributed by atoms with Crippen LogP contribution in [0.15, 0.2) is 87.1 Å². The summed E-state index contributed by atoms with van der Waals surface area (Å²) in [6, 6.07) is 21.9. The SMILES string of the molecule is CCOC(=O)Cn1c(C)c(C=Nn2c(-c3cc4cc(Cl)ccc4o3)nc3ccccc3c2=O)c2ccccc21. The molecule has 0 atom stereocenters. The Kier molecular flexibility index (Phi) is 6.24. The first kappa shape index (κ1) is 24.6. The van der Waals surface area contributed by atoms with Gasteiger partial charge in [0.1, 0.15) is 12.1 Å². The number of carbonyl (C=O) groups excluding carboxylic acids is 1. The van der Waals surface area contributed by atoms with Gasteiger partial charge in [-0.05, 0) is 56.3 Å². The van der Waals surface area contributed by atoms with Crippen LogP contribution >= 0.6 is 11.6 Å². The van der Waals surface area contributed by atoms with Crippen LogP contribution in [0, 0.1) is 6.92 Å². The van der Waals surface area contributed by atoms with E-state index in [9.17, 15) is 9.59 Å². The van der Waals surface area contributed by atoms with Gasteiger partial charge in [-0.2, -0.15) is 9.78 Å². The number of nitrogens with zero attached hydrogens (tertiary/aromatic N) is 4. The van der Waals surface area contributed by atoms with E-state index in [4.69, 9.17) is 25.7 Å². The van der Waals surface area contributed by atoms with Crippen LogP contribution in [0.5, 0.6) is 0 Å². The highest BCUT2D eigenvalue weighted by atomic mass is 35.5. The molecule has 3 aromatic heterocycles. The molecule has 0 aliphatic carbocycles. The summed E-state index contributed by atoms with van der Waals surface area (Å²) in [7, 11) is 0. The highest BCUT2D eigenvalue weighted by Crippen LogP contribution is 2.29. The molecule has 0 bridgehead atoms. The predicted octanol–water partition coefficient (Wildman–Crippen LogP) is 6.17. The van der Waals surface area contributed by atoms with Gasteiger partial charge in [0.25, 0.3) is 5.56 Å². The maximum Gasteiger partial charge on any atom is 0.325 e. The number of fused-ring (bicyclic) bond motifs is 3. The second-order valence-corrected chi connectivity index (χ2v) is 9.45. The first-order valence-electron chi connectivity index (χ1n) is 12.4. The van der Waals surface area contributed by atoms with E-state index in [-0.39, 0.29) is 23.9 Å². The zero-order valence-corrected chi connectivity index (χ0v) is 22.0. The fourth-order valence-corrected chi connectivity index (χ4v) is 4.97. The number of ether oxygens (including phenoxy) is 1. The molecule has 6 rings (SSSR count). The highest BCUT2D eigenvalue weighted by Gasteiger charge is 2.18. The Morgan fingerprint density at radius 1 is 1.08 bits per heavy atom. The summed E-state index contributed by atoms with van der Waals surface area (Å²) in [4.78, 5) is 30.7. The Bertz CT molecular complexity index is 1980. The van der Waals surface area contributed by atoms with Crippen molar-refractivity contribution in [3.8, 4) is 11.6 Å². The molecule has 0 saturated carbocycles. The Morgan fingerprint density at radius 3 is 2.67 bits per heavy atom. The minimum Gasteiger partial charge on any atom is -0.465 e. The second kappa shape index (κ2) is 9.89. The normalized spacial score (nSPS) is 11.8. The molecule has 8 nitrogen and oxygen atoms in total. The second-order valence-electron chi connectivity index (χ2n) is 9.01. The lowest BCUT2D eigenvalue weighted by Gasteiger charge is -2.08. The largest absolute Gasteiger partial charge is 0.465 e. The smallest absolute Gasteiger partial charge is 0.325 e. The van der Waals surface area contributed by atoms with Crippen molar-refractivity contribution in [1.82, 2.24) is 14.2 Å². The van der Waals surface area contributed by atoms with Crippen molar-refractivity contribution in [2.75, 3.05) is 6.61 Å². The van der Waals surface area contributed by atoms with Crippen LogP contribution < -0.4 is 5.56 Å². The minimum absolute atomic E-state index is 0.0678. The quantitative estimate of drug-likeness (QED) is 0.187. The third-order valence-corrected chi connectivity index (χ3v) is 6.86. The summed E-state index contributed by atoms with van der Waals surface area (Å²) in [6.07, 6.45) is 1.63. The number of aromatic nitrogens is 3. The number of para-hydroxylation sites is 2. The van der Waals surface area contributed by atoms with Crippen LogP contribution in [-0.4, -0.2) is 33.0 Å². The fourth-order valence-electron chi connectivity index (χ4n) is 4.79. The molecule has 39 heavy (non-hydrogen) atoms. The van der Waals surface area contributed by atoms with E-state index >= 15 is 0 Å². The molecule has 0 saturated heterocycles. The van der Waals surface area contributed by atoms with E-state index < -0.39 is 0 Å². The van der Waals surface area contributed by atoms with Gasteiger partial charge >= 0.3 is 5.97 Å².